The lowest BCUT2D eigenvalue weighted by atomic mass is 10.7. The number of ether oxygens (including phenoxy) is 1. The molecule has 0 aliphatic heterocycles. The Hall–Kier alpha value is -0.590. The maximum Gasteiger partial charge on any atom is 0.435 e. The van der Waals surface area contributed by atoms with Crippen LogP contribution in [0.1, 0.15) is 6.92 Å². The van der Waals surface area contributed by atoms with Crippen LogP contribution < -0.4 is 0 Å². The van der Waals surface area contributed by atoms with Crippen LogP contribution in [0.25, 0.3) is 0 Å². The summed E-state index contributed by atoms with van der Waals surface area (Å²) in [6.45, 7) is -0.891. The summed E-state index contributed by atoms with van der Waals surface area (Å²) < 4.78 is 52.8. The predicted octanol–water partition coefficient (Wildman–Crippen LogP) is 1.91. The van der Waals surface area contributed by atoms with E-state index in [-0.39, 0.29) is 6.61 Å². The van der Waals surface area contributed by atoms with Gasteiger partial charge in [-0.25, -0.2) is 9.36 Å². The van der Waals surface area contributed by atoms with Crippen LogP contribution in [0, 0.1) is 0 Å². The topological polar surface area (TPSA) is 72.8 Å². The molecule has 0 aliphatic rings. The molecule has 0 saturated carbocycles. The summed E-state index contributed by atoms with van der Waals surface area (Å²) in [6, 6.07) is 0. The third-order valence-corrected chi connectivity index (χ3v) is 2.09. The Morgan fingerprint density at radius 3 is 2.36 bits per heavy atom. The van der Waals surface area contributed by atoms with Gasteiger partial charge in [0.15, 0.2) is 6.61 Å². The number of carbonyl (C=O) groups is 1. The molecule has 84 valence electrons. The van der Waals surface area contributed by atoms with Crippen molar-refractivity contribution in [2.24, 2.45) is 0 Å². The minimum Gasteiger partial charge on any atom is -0.447 e. The second kappa shape index (κ2) is 4.77. The summed E-state index contributed by atoms with van der Waals surface area (Å²) in [5.74, 6) is 0. The molecule has 0 aromatic heterocycles. The molecule has 0 heterocycles. The Morgan fingerprint density at radius 1 is 1.50 bits per heavy atom. The van der Waals surface area contributed by atoms with Crippen molar-refractivity contribution in [3.05, 3.63) is 0 Å². The lowest BCUT2D eigenvalue weighted by Gasteiger charge is -2.11. The van der Waals surface area contributed by atoms with E-state index in [9.17, 15) is 22.5 Å². The van der Waals surface area contributed by atoms with Crippen molar-refractivity contribution in [1.29, 1.82) is 0 Å². The van der Waals surface area contributed by atoms with Gasteiger partial charge in [0, 0.05) is 0 Å². The molecular weight excluding hydrogens is 228 g/mol. The molecule has 0 spiro atoms. The number of rotatable bonds is 4. The first kappa shape index (κ1) is 13.4. The molecule has 0 amide bonds. The summed E-state index contributed by atoms with van der Waals surface area (Å²) in [5, 5.41) is 0. The average molecular weight is 236 g/mol. The van der Waals surface area contributed by atoms with Gasteiger partial charge in [-0.1, -0.05) is 0 Å². The van der Waals surface area contributed by atoms with E-state index in [4.69, 9.17) is 4.89 Å². The molecule has 0 bridgehead atoms. The fourth-order valence-electron chi connectivity index (χ4n) is 0.453. The maximum absolute atomic E-state index is 11.5. The first-order chi connectivity index (χ1) is 6.19. The van der Waals surface area contributed by atoms with Crippen LogP contribution in [0.2, 0.25) is 0 Å². The maximum atomic E-state index is 11.5. The normalized spacial score (nSPS) is 16.1. The van der Waals surface area contributed by atoms with E-state index >= 15 is 0 Å². The fraction of sp³-hybridized carbons (Fsp3) is 0.800. The lowest BCUT2D eigenvalue weighted by molar-refractivity contribution is -0.158. The molecule has 14 heavy (non-hydrogen) atoms. The Morgan fingerprint density at radius 2 is 2.00 bits per heavy atom. The molecule has 1 unspecified atom stereocenters. The molecule has 1 atom stereocenters. The van der Waals surface area contributed by atoms with Crippen LogP contribution in [-0.2, 0) is 13.8 Å². The molecule has 0 rings (SSSR count). The summed E-state index contributed by atoms with van der Waals surface area (Å²) in [5.41, 5.74) is -1.91. The van der Waals surface area contributed by atoms with Crippen molar-refractivity contribution in [3.8, 4) is 0 Å². The molecule has 0 aromatic rings. The zero-order valence-corrected chi connectivity index (χ0v) is 7.97. The van der Waals surface area contributed by atoms with Gasteiger partial charge in [-0.3, -0.25) is 0 Å². The van der Waals surface area contributed by atoms with Gasteiger partial charge in [0.05, 0.1) is 6.61 Å². The SMILES string of the molecule is CCOP(=O)(O)C(=O)OCC(F)(F)F. The van der Waals surface area contributed by atoms with Crippen molar-refractivity contribution >= 4 is 13.3 Å². The van der Waals surface area contributed by atoms with Gasteiger partial charge in [0.2, 0.25) is 0 Å². The standard InChI is InChI=1S/C5H8F3O5P/c1-2-13-14(10,11)4(9)12-3-5(6,7)8/h2-3H2,1H3,(H,10,11). The highest BCUT2D eigenvalue weighted by Gasteiger charge is 2.37. The van der Waals surface area contributed by atoms with Crippen molar-refractivity contribution < 1.29 is 36.7 Å². The molecule has 0 fully saturated rings. The van der Waals surface area contributed by atoms with Crippen LogP contribution in [0.4, 0.5) is 18.0 Å². The minimum atomic E-state index is -4.73. The van der Waals surface area contributed by atoms with Crippen molar-refractivity contribution in [1.82, 2.24) is 0 Å². The largest absolute Gasteiger partial charge is 0.447 e. The predicted molar refractivity (Wildman–Crippen MR) is 38.9 cm³/mol. The number of hydrogen-bond donors (Lipinski definition) is 1. The highest BCUT2D eigenvalue weighted by atomic mass is 31.2. The fourth-order valence-corrected chi connectivity index (χ4v) is 1.14. The number of alkyl halides is 3. The van der Waals surface area contributed by atoms with Crippen LogP contribution in [0.15, 0.2) is 0 Å². The van der Waals surface area contributed by atoms with Gasteiger partial charge >= 0.3 is 19.5 Å². The summed E-state index contributed by atoms with van der Waals surface area (Å²) in [6.07, 6.45) is -4.73. The van der Waals surface area contributed by atoms with Gasteiger partial charge in [-0.15, -0.1) is 0 Å². The van der Waals surface area contributed by atoms with E-state index in [1.54, 1.807) is 0 Å². The summed E-state index contributed by atoms with van der Waals surface area (Å²) in [4.78, 5) is 19.2. The monoisotopic (exact) mass is 236 g/mol. The molecule has 0 saturated heterocycles. The second-order valence-electron chi connectivity index (χ2n) is 2.11. The van der Waals surface area contributed by atoms with E-state index in [1.807, 2.05) is 0 Å². The Bertz CT molecular complexity index is 250. The number of hydrogen-bond acceptors (Lipinski definition) is 4. The zero-order chi connectivity index (χ0) is 11.4. The molecule has 1 N–H and O–H groups in total. The van der Waals surface area contributed by atoms with E-state index in [0.29, 0.717) is 0 Å². The Kier molecular flexibility index (Phi) is 4.57. The highest BCUT2D eigenvalue weighted by molar-refractivity contribution is 7.70. The van der Waals surface area contributed by atoms with Crippen LogP contribution in [0.3, 0.4) is 0 Å². The van der Waals surface area contributed by atoms with Gasteiger partial charge < -0.3 is 14.2 Å². The van der Waals surface area contributed by atoms with Gasteiger partial charge in [-0.2, -0.15) is 13.2 Å². The molecule has 0 aliphatic carbocycles. The molecule has 0 radical (unpaired) electrons. The third-order valence-electron chi connectivity index (χ3n) is 0.894. The molecule has 5 nitrogen and oxygen atoms in total. The number of halogens is 3. The summed E-state index contributed by atoms with van der Waals surface area (Å²) in [7, 11) is -4.73. The first-order valence-corrected chi connectivity index (χ1v) is 4.98. The van der Waals surface area contributed by atoms with Crippen molar-refractivity contribution in [3.63, 3.8) is 0 Å². The van der Waals surface area contributed by atoms with Gasteiger partial charge in [0.25, 0.3) is 0 Å². The summed E-state index contributed by atoms with van der Waals surface area (Å²) >= 11 is 0. The van der Waals surface area contributed by atoms with Crippen molar-refractivity contribution in [2.45, 2.75) is 13.1 Å². The quantitative estimate of drug-likeness (QED) is 0.754. The average Bonchev–Trinajstić information content (AvgIpc) is 1.98. The third kappa shape index (κ3) is 5.21. The van der Waals surface area contributed by atoms with Gasteiger partial charge in [0.1, 0.15) is 0 Å². The highest BCUT2D eigenvalue weighted by Crippen LogP contribution is 2.44. The lowest BCUT2D eigenvalue weighted by Crippen LogP contribution is -2.20. The second-order valence-corrected chi connectivity index (χ2v) is 3.77. The zero-order valence-electron chi connectivity index (χ0n) is 7.08. The minimum absolute atomic E-state index is 0.283. The molecule has 0 aromatic carbocycles. The van der Waals surface area contributed by atoms with Crippen molar-refractivity contribution in [2.75, 3.05) is 13.2 Å². The smallest absolute Gasteiger partial charge is 0.435 e. The van der Waals surface area contributed by atoms with E-state index in [1.165, 1.54) is 6.92 Å². The number of carbonyl (C=O) groups excluding carboxylic acids is 1. The van der Waals surface area contributed by atoms with Gasteiger partial charge in [-0.05, 0) is 6.92 Å². The van der Waals surface area contributed by atoms with E-state index in [2.05, 4.69) is 9.26 Å². The van der Waals surface area contributed by atoms with E-state index < -0.39 is 26.1 Å². The first-order valence-electron chi connectivity index (χ1n) is 3.40. The van der Waals surface area contributed by atoms with E-state index in [0.717, 1.165) is 0 Å². The molecule has 9 heteroatoms. The molecular formula is C5H8F3O5P. The van der Waals surface area contributed by atoms with Crippen LogP contribution in [0.5, 0.6) is 0 Å². The Labute approximate surface area is 77.3 Å². The Balaban J connectivity index is 4.16. The van der Waals surface area contributed by atoms with Crippen LogP contribution >= 0.6 is 7.60 Å². The van der Waals surface area contributed by atoms with Crippen LogP contribution in [-0.4, -0.2) is 30.0 Å².